The number of halogens is 1. The van der Waals surface area contributed by atoms with E-state index >= 15 is 0 Å². The summed E-state index contributed by atoms with van der Waals surface area (Å²) in [6, 6.07) is 12.0. The number of benzene rings is 2. The van der Waals surface area contributed by atoms with Gasteiger partial charge in [0.2, 0.25) is 0 Å². The second-order valence-corrected chi connectivity index (χ2v) is 6.82. The van der Waals surface area contributed by atoms with Crippen molar-refractivity contribution in [3.05, 3.63) is 86.7 Å². The molecule has 0 amide bonds. The molecule has 1 N–H and O–H groups in total. The zero-order chi connectivity index (χ0) is 19.7. The van der Waals surface area contributed by atoms with Gasteiger partial charge in [-0.25, -0.2) is 14.2 Å². The zero-order valence-corrected chi connectivity index (χ0v) is 15.0. The molecule has 0 bridgehead atoms. The number of fused-ring (bicyclic) bond motifs is 1. The minimum absolute atomic E-state index is 0.0184. The van der Waals surface area contributed by atoms with Crippen LogP contribution in [0.4, 0.5) is 10.1 Å². The van der Waals surface area contributed by atoms with E-state index in [9.17, 15) is 19.3 Å². The van der Waals surface area contributed by atoms with Gasteiger partial charge in [0.25, 0.3) is 5.69 Å². The summed E-state index contributed by atoms with van der Waals surface area (Å²) in [7, 11) is 0. The first kappa shape index (κ1) is 17.9. The molecule has 2 heterocycles. The van der Waals surface area contributed by atoms with E-state index in [2.05, 4.69) is 15.1 Å². The zero-order valence-electron chi connectivity index (χ0n) is 14.2. The Morgan fingerprint density at radius 3 is 2.54 bits per heavy atom. The van der Waals surface area contributed by atoms with Gasteiger partial charge in [0.1, 0.15) is 5.82 Å². The molecule has 0 fully saturated rings. The quantitative estimate of drug-likeness (QED) is 0.314. The third kappa shape index (κ3) is 3.49. The van der Waals surface area contributed by atoms with Crippen LogP contribution in [-0.2, 0) is 5.75 Å². The number of non-ortho nitro benzene ring substituents is 1. The number of thioether (sulfide) groups is 1. The Kier molecular flexibility index (Phi) is 4.62. The van der Waals surface area contributed by atoms with Crippen molar-refractivity contribution in [3.63, 3.8) is 0 Å². The maximum atomic E-state index is 13.2. The first-order valence-electron chi connectivity index (χ1n) is 8.11. The largest absolute Gasteiger partial charge is 0.350 e. The van der Waals surface area contributed by atoms with Gasteiger partial charge < -0.3 is 0 Å². The molecule has 10 heteroatoms. The monoisotopic (exact) mass is 397 g/mol. The Balaban J connectivity index is 1.62. The number of nitrogens with one attached hydrogen (secondary N) is 1. The number of hydrogen-bond donors (Lipinski definition) is 1. The van der Waals surface area contributed by atoms with Crippen LogP contribution in [0, 0.1) is 15.9 Å². The summed E-state index contributed by atoms with van der Waals surface area (Å²) in [6.45, 7) is 0. The molecule has 0 saturated carbocycles. The highest BCUT2D eigenvalue weighted by molar-refractivity contribution is 7.98. The summed E-state index contributed by atoms with van der Waals surface area (Å²) in [4.78, 5) is 29.7. The third-order valence-corrected chi connectivity index (χ3v) is 4.98. The summed E-state index contributed by atoms with van der Waals surface area (Å²) in [5, 5.41) is 15.2. The molecule has 0 aliphatic heterocycles. The van der Waals surface area contributed by atoms with E-state index in [0.717, 1.165) is 10.1 Å². The second-order valence-electron chi connectivity index (χ2n) is 5.86. The standard InChI is InChI=1S/C18H12FN5O3S/c19-13-5-3-12(4-6-13)15-9-20-23-16(15)21-17(22-18(23)25)28-10-11-1-7-14(8-2-11)24(26)27/h1-9H,10H2,(H,21,22,25). The van der Waals surface area contributed by atoms with Crippen LogP contribution in [0.25, 0.3) is 16.8 Å². The SMILES string of the molecule is O=c1[nH]c(SCc2ccc([N+](=O)[O-])cc2)nc2c(-c3ccc(F)cc3)cnn12. The molecular formula is C18H12FN5O3S. The van der Waals surface area contributed by atoms with E-state index < -0.39 is 10.6 Å². The van der Waals surface area contributed by atoms with Gasteiger partial charge in [-0.15, -0.1) is 0 Å². The highest BCUT2D eigenvalue weighted by Crippen LogP contribution is 2.25. The van der Waals surface area contributed by atoms with Gasteiger partial charge in [-0.05, 0) is 23.3 Å². The molecule has 2 aromatic heterocycles. The Hall–Kier alpha value is -3.53. The first-order chi connectivity index (χ1) is 13.5. The van der Waals surface area contributed by atoms with Gasteiger partial charge in [-0.2, -0.15) is 9.61 Å². The average molecular weight is 397 g/mol. The summed E-state index contributed by atoms with van der Waals surface area (Å²) in [5.41, 5.74) is 2.10. The molecule has 8 nitrogen and oxygen atoms in total. The molecule has 28 heavy (non-hydrogen) atoms. The average Bonchev–Trinajstić information content (AvgIpc) is 3.12. The molecule has 0 atom stereocenters. The van der Waals surface area contributed by atoms with Crippen molar-refractivity contribution in [2.45, 2.75) is 10.9 Å². The molecule has 0 aliphatic carbocycles. The fourth-order valence-corrected chi connectivity index (χ4v) is 3.44. The summed E-state index contributed by atoms with van der Waals surface area (Å²) >= 11 is 1.29. The van der Waals surface area contributed by atoms with E-state index in [0.29, 0.717) is 27.7 Å². The number of nitrogens with zero attached hydrogens (tertiary/aromatic N) is 4. The summed E-state index contributed by atoms with van der Waals surface area (Å²) in [6.07, 6.45) is 1.51. The predicted molar refractivity (Wildman–Crippen MR) is 102 cm³/mol. The predicted octanol–water partition coefficient (Wildman–Crippen LogP) is 3.42. The lowest BCUT2D eigenvalue weighted by Crippen LogP contribution is -2.19. The van der Waals surface area contributed by atoms with Crippen molar-refractivity contribution >= 4 is 23.1 Å². The normalized spacial score (nSPS) is 11.0. The van der Waals surface area contributed by atoms with E-state index in [1.807, 2.05) is 0 Å². The van der Waals surface area contributed by atoms with Crippen molar-refractivity contribution in [1.29, 1.82) is 0 Å². The maximum absolute atomic E-state index is 13.2. The van der Waals surface area contributed by atoms with E-state index in [4.69, 9.17) is 0 Å². The Morgan fingerprint density at radius 1 is 1.14 bits per heavy atom. The molecule has 2 aromatic carbocycles. The topological polar surface area (TPSA) is 106 Å². The van der Waals surface area contributed by atoms with Crippen LogP contribution in [0.15, 0.2) is 64.7 Å². The first-order valence-corrected chi connectivity index (χ1v) is 9.10. The number of H-pyrrole nitrogens is 1. The molecule has 4 rings (SSSR count). The Labute approximate surface area is 161 Å². The minimum atomic E-state index is -0.458. The highest BCUT2D eigenvalue weighted by Gasteiger charge is 2.13. The van der Waals surface area contributed by atoms with Crippen LogP contribution in [0.1, 0.15) is 5.56 Å². The van der Waals surface area contributed by atoms with Gasteiger partial charge in [0, 0.05) is 23.4 Å². The van der Waals surface area contributed by atoms with E-state index in [1.165, 1.54) is 42.2 Å². The molecule has 0 aliphatic rings. The lowest BCUT2D eigenvalue weighted by Gasteiger charge is -2.03. The van der Waals surface area contributed by atoms with Crippen molar-refractivity contribution in [3.8, 4) is 11.1 Å². The summed E-state index contributed by atoms with van der Waals surface area (Å²) in [5.74, 6) is 0.113. The van der Waals surface area contributed by atoms with E-state index in [1.54, 1.807) is 24.3 Å². The highest BCUT2D eigenvalue weighted by atomic mass is 32.2. The van der Waals surface area contributed by atoms with Gasteiger partial charge in [0.15, 0.2) is 10.8 Å². The molecule has 0 spiro atoms. The van der Waals surface area contributed by atoms with Crippen LogP contribution >= 0.6 is 11.8 Å². The van der Waals surface area contributed by atoms with Gasteiger partial charge >= 0.3 is 5.69 Å². The summed E-state index contributed by atoms with van der Waals surface area (Å²) < 4.78 is 14.3. The fourth-order valence-electron chi connectivity index (χ4n) is 2.63. The number of nitro benzene ring substituents is 1. The lowest BCUT2D eigenvalue weighted by molar-refractivity contribution is -0.384. The van der Waals surface area contributed by atoms with Gasteiger partial charge in [-0.3, -0.25) is 15.1 Å². The van der Waals surface area contributed by atoms with Crippen LogP contribution < -0.4 is 5.69 Å². The van der Waals surface area contributed by atoms with Crippen molar-refractivity contribution in [2.24, 2.45) is 0 Å². The van der Waals surface area contributed by atoms with Gasteiger partial charge in [0.05, 0.1) is 11.1 Å². The maximum Gasteiger partial charge on any atom is 0.350 e. The van der Waals surface area contributed by atoms with Crippen LogP contribution in [0.5, 0.6) is 0 Å². The number of nitro groups is 1. The minimum Gasteiger partial charge on any atom is -0.285 e. The molecule has 0 radical (unpaired) electrons. The third-order valence-electron chi connectivity index (χ3n) is 4.04. The second kappa shape index (κ2) is 7.24. The smallest absolute Gasteiger partial charge is 0.285 e. The van der Waals surface area contributed by atoms with Crippen LogP contribution in [-0.4, -0.2) is 24.5 Å². The molecule has 0 saturated heterocycles. The number of hydrogen-bond acceptors (Lipinski definition) is 6. The van der Waals surface area contributed by atoms with Gasteiger partial charge in [-0.1, -0.05) is 36.0 Å². The van der Waals surface area contributed by atoms with Crippen LogP contribution in [0.2, 0.25) is 0 Å². The number of rotatable bonds is 5. The lowest BCUT2D eigenvalue weighted by atomic mass is 10.1. The number of aromatic nitrogens is 4. The Morgan fingerprint density at radius 2 is 1.86 bits per heavy atom. The van der Waals surface area contributed by atoms with E-state index in [-0.39, 0.29) is 11.5 Å². The molecule has 0 unspecified atom stereocenters. The fraction of sp³-hybridized carbons (Fsp3) is 0.0556. The van der Waals surface area contributed by atoms with Crippen LogP contribution in [0.3, 0.4) is 0 Å². The Bertz CT molecular complexity index is 1220. The number of aromatic amines is 1. The molecular weight excluding hydrogens is 385 g/mol. The molecule has 140 valence electrons. The van der Waals surface area contributed by atoms with Crippen molar-refractivity contribution in [1.82, 2.24) is 19.6 Å². The van der Waals surface area contributed by atoms with Crippen molar-refractivity contribution in [2.75, 3.05) is 0 Å². The van der Waals surface area contributed by atoms with Crippen molar-refractivity contribution < 1.29 is 9.31 Å². The molecule has 4 aromatic rings.